The van der Waals surface area contributed by atoms with Gasteiger partial charge in [0.1, 0.15) is 17.3 Å². The minimum atomic E-state index is -1.19. The standard InChI is InChI=1S/C29H42N6O2S.C4H7NO2/c1-29(36,19-21-5-4-6-25(17-21)38(37)35-15-11-24(30)12-16-35)20-34-13-9-22(10-14-34)23-7-8-26-27(18-23)33(3)32-28(26)31-2;6-3-1-2-5-4-7/h4-8,17-18,22,24,36H,9-16,19-20,30H2,1-3H3,(H,31,32);3-4H,1-2H2,(H,5,7). The Kier molecular flexibility index (Phi) is 12.7. The van der Waals surface area contributed by atoms with Gasteiger partial charge in [-0.15, -0.1) is 0 Å². The van der Waals surface area contributed by atoms with E-state index >= 15 is 0 Å². The van der Waals surface area contributed by atoms with Crippen molar-refractivity contribution in [2.45, 2.75) is 67.9 Å². The molecule has 2 fully saturated rings. The van der Waals surface area contributed by atoms with E-state index in [-0.39, 0.29) is 6.04 Å². The Morgan fingerprint density at radius 3 is 2.49 bits per heavy atom. The third-order valence-electron chi connectivity index (χ3n) is 8.64. The number of fused-ring (bicyclic) bond motifs is 1. The van der Waals surface area contributed by atoms with Crippen LogP contribution in [0.5, 0.6) is 0 Å². The minimum absolute atomic E-state index is 0.214. The molecule has 3 heterocycles. The lowest BCUT2D eigenvalue weighted by molar-refractivity contribution is -0.110. The van der Waals surface area contributed by atoms with Crippen LogP contribution in [0.15, 0.2) is 47.4 Å². The summed E-state index contributed by atoms with van der Waals surface area (Å²) < 4.78 is 17.1. The Balaban J connectivity index is 0.000000591. The van der Waals surface area contributed by atoms with Crippen LogP contribution in [-0.2, 0) is 34.0 Å². The van der Waals surface area contributed by atoms with Crippen LogP contribution in [0.2, 0.25) is 0 Å². The molecule has 0 saturated carbocycles. The van der Waals surface area contributed by atoms with Crippen molar-refractivity contribution >= 4 is 40.4 Å². The van der Waals surface area contributed by atoms with Crippen molar-refractivity contribution in [3.63, 3.8) is 0 Å². The summed E-state index contributed by atoms with van der Waals surface area (Å²) in [5.41, 5.74) is 8.70. The summed E-state index contributed by atoms with van der Waals surface area (Å²) in [4.78, 5) is 22.2. The van der Waals surface area contributed by atoms with E-state index in [1.165, 1.54) is 5.56 Å². The first-order valence-corrected chi connectivity index (χ1v) is 17.0. The first-order valence-electron chi connectivity index (χ1n) is 15.8. The molecule has 2 unspecified atom stereocenters. The number of nitrogens with two attached hydrogens (primary N) is 1. The van der Waals surface area contributed by atoms with Gasteiger partial charge in [-0.1, -0.05) is 18.2 Å². The van der Waals surface area contributed by atoms with Crippen molar-refractivity contribution in [2.75, 3.05) is 51.6 Å². The molecule has 0 aliphatic carbocycles. The molecule has 11 nitrogen and oxygen atoms in total. The number of β-amino-alcohol motifs (C(OH)–C–C–N with tert-alkyl or cyclic N) is 1. The number of amides is 1. The zero-order valence-electron chi connectivity index (χ0n) is 26.8. The molecule has 2 atom stereocenters. The molecule has 0 bridgehead atoms. The van der Waals surface area contributed by atoms with Crippen molar-refractivity contribution in [2.24, 2.45) is 12.8 Å². The summed E-state index contributed by atoms with van der Waals surface area (Å²) in [6, 6.07) is 14.8. The molecule has 1 aromatic heterocycles. The van der Waals surface area contributed by atoms with Crippen molar-refractivity contribution in [3.05, 3.63) is 53.6 Å². The molecule has 2 aliphatic rings. The lowest BCUT2D eigenvalue weighted by Gasteiger charge is -2.37. The number of anilines is 1. The van der Waals surface area contributed by atoms with E-state index in [0.29, 0.717) is 38.3 Å². The summed E-state index contributed by atoms with van der Waals surface area (Å²) in [5.74, 6) is 1.43. The van der Waals surface area contributed by atoms with Gasteiger partial charge in [0.15, 0.2) is 5.82 Å². The number of aliphatic hydroxyl groups is 1. The van der Waals surface area contributed by atoms with Gasteiger partial charge in [-0.05, 0) is 87.0 Å². The van der Waals surface area contributed by atoms with Gasteiger partial charge in [-0.2, -0.15) is 5.10 Å². The molecule has 45 heavy (non-hydrogen) atoms. The van der Waals surface area contributed by atoms with Crippen LogP contribution >= 0.6 is 0 Å². The highest BCUT2D eigenvalue weighted by Gasteiger charge is 2.29. The number of rotatable bonds is 12. The number of hydrogen-bond acceptors (Lipinski definition) is 8. The fourth-order valence-electron chi connectivity index (χ4n) is 6.27. The molecule has 5 N–H and O–H groups in total. The molecule has 246 valence electrons. The van der Waals surface area contributed by atoms with Crippen LogP contribution in [-0.4, -0.2) is 99.0 Å². The van der Waals surface area contributed by atoms with Gasteiger partial charge in [0.2, 0.25) is 6.41 Å². The van der Waals surface area contributed by atoms with Crippen molar-refractivity contribution in [3.8, 4) is 0 Å². The van der Waals surface area contributed by atoms with E-state index in [9.17, 15) is 18.9 Å². The normalized spacial score (nSPS) is 18.9. The number of carbonyl (C=O) groups is 2. The number of benzene rings is 2. The number of aryl methyl sites for hydroxylation is 1. The first kappa shape index (κ1) is 34.7. The summed E-state index contributed by atoms with van der Waals surface area (Å²) >= 11 is 0. The first-order chi connectivity index (χ1) is 21.6. The molecule has 3 aromatic rings. The number of likely N-dealkylation sites (tertiary alicyclic amines) is 1. The van der Waals surface area contributed by atoms with Gasteiger partial charge in [0.25, 0.3) is 0 Å². The van der Waals surface area contributed by atoms with Gasteiger partial charge in [0.05, 0.1) is 16.0 Å². The number of aldehydes is 1. The molecule has 2 saturated heterocycles. The number of piperidine rings is 2. The van der Waals surface area contributed by atoms with Crippen molar-refractivity contribution < 1.29 is 18.9 Å². The molecule has 5 rings (SSSR count). The van der Waals surface area contributed by atoms with E-state index in [4.69, 9.17) is 5.73 Å². The van der Waals surface area contributed by atoms with Crippen molar-refractivity contribution in [1.82, 2.24) is 24.3 Å². The average Bonchev–Trinajstić information content (AvgIpc) is 3.36. The van der Waals surface area contributed by atoms with Crippen LogP contribution in [0.4, 0.5) is 5.82 Å². The van der Waals surface area contributed by atoms with E-state index < -0.39 is 16.6 Å². The largest absolute Gasteiger partial charge is 0.388 e. The lowest BCUT2D eigenvalue weighted by atomic mass is 9.88. The molecular weight excluding hydrogens is 590 g/mol. The molecule has 1 amide bonds. The molecule has 0 spiro atoms. The predicted octanol–water partition coefficient (Wildman–Crippen LogP) is 2.56. The molecule has 2 aliphatic heterocycles. The van der Waals surface area contributed by atoms with Crippen molar-refractivity contribution in [1.29, 1.82) is 0 Å². The number of aromatic nitrogens is 2. The van der Waals surface area contributed by atoms with Crippen LogP contribution in [0.1, 0.15) is 56.1 Å². The highest BCUT2D eigenvalue weighted by molar-refractivity contribution is 7.82. The molecule has 2 aromatic carbocycles. The number of carbonyl (C=O) groups excluding carboxylic acids is 2. The summed E-state index contributed by atoms with van der Waals surface area (Å²) in [5, 5.41) is 22.6. The topological polar surface area (TPSA) is 146 Å². The van der Waals surface area contributed by atoms with Gasteiger partial charge in [0, 0.05) is 64.5 Å². The predicted molar refractivity (Wildman–Crippen MR) is 179 cm³/mol. The quantitative estimate of drug-likeness (QED) is 0.175. The van der Waals surface area contributed by atoms with Gasteiger partial charge in [-0.3, -0.25) is 9.48 Å². The highest BCUT2D eigenvalue weighted by atomic mass is 32.2. The third kappa shape index (κ3) is 9.67. The maximum absolute atomic E-state index is 13.1. The van der Waals surface area contributed by atoms with Gasteiger partial charge >= 0.3 is 0 Å². The molecular formula is C33H49N7O4S. The van der Waals surface area contributed by atoms with Gasteiger partial charge < -0.3 is 31.2 Å². The average molecular weight is 640 g/mol. The maximum Gasteiger partial charge on any atom is 0.207 e. The smallest absolute Gasteiger partial charge is 0.207 e. The second-order valence-electron chi connectivity index (χ2n) is 12.4. The van der Waals surface area contributed by atoms with E-state index in [1.54, 1.807) is 0 Å². The molecule has 0 radical (unpaired) electrons. The fraction of sp³-hybridized carbons (Fsp3) is 0.545. The van der Waals surface area contributed by atoms with Crippen LogP contribution in [0.25, 0.3) is 10.9 Å². The van der Waals surface area contributed by atoms with Crippen LogP contribution in [0, 0.1) is 0 Å². The monoisotopic (exact) mass is 639 g/mol. The van der Waals surface area contributed by atoms with E-state index in [2.05, 4.69) is 38.8 Å². The second kappa shape index (κ2) is 16.4. The Labute approximate surface area is 269 Å². The minimum Gasteiger partial charge on any atom is -0.388 e. The Bertz CT molecular complexity index is 1420. The van der Waals surface area contributed by atoms with E-state index in [1.807, 2.05) is 54.3 Å². The highest BCUT2D eigenvalue weighted by Crippen LogP contribution is 2.32. The number of nitrogens with one attached hydrogen (secondary N) is 2. The van der Waals surface area contributed by atoms with E-state index in [0.717, 1.165) is 85.3 Å². The fourth-order valence-corrected chi connectivity index (χ4v) is 7.56. The number of nitrogens with zero attached hydrogens (tertiary/aromatic N) is 4. The zero-order valence-corrected chi connectivity index (χ0v) is 27.6. The maximum atomic E-state index is 13.1. The lowest BCUT2D eigenvalue weighted by Crippen LogP contribution is -2.45. The van der Waals surface area contributed by atoms with Crippen LogP contribution < -0.4 is 16.4 Å². The summed E-state index contributed by atoms with van der Waals surface area (Å²) in [7, 11) is 2.72. The number of hydrogen-bond donors (Lipinski definition) is 4. The second-order valence-corrected chi connectivity index (χ2v) is 13.9. The zero-order chi connectivity index (χ0) is 32.4. The third-order valence-corrected chi connectivity index (χ3v) is 10.1. The Hall–Kier alpha value is -3.16. The Morgan fingerprint density at radius 1 is 1.09 bits per heavy atom. The summed E-state index contributed by atoms with van der Waals surface area (Å²) in [6.07, 6.45) is 6.18. The Morgan fingerprint density at radius 2 is 1.82 bits per heavy atom. The summed E-state index contributed by atoms with van der Waals surface area (Å²) in [6.45, 7) is 6.46. The van der Waals surface area contributed by atoms with Crippen LogP contribution in [0.3, 0.4) is 0 Å². The van der Waals surface area contributed by atoms with Gasteiger partial charge in [-0.25, -0.2) is 8.51 Å². The SMILES string of the molecule is CNc1nn(C)c2cc(C3CCN(CC(C)(O)Cc4cccc(S(=O)N5CCC(N)CC5)c4)CC3)ccc12.O=CCCNC=O. The molecule has 12 heteroatoms.